The SMILES string of the molecule is COc1cccc([C@@H]2C=C(c3cccc(Br)c3)Nc3nc4ccccc4n32)c1OC. The van der Waals surface area contributed by atoms with Gasteiger partial charge in [0.05, 0.1) is 31.3 Å². The number of benzene rings is 3. The highest BCUT2D eigenvalue weighted by atomic mass is 79.9. The first kappa shape index (κ1) is 18.8. The molecule has 5 nitrogen and oxygen atoms in total. The maximum atomic E-state index is 5.77. The molecule has 2 heterocycles. The Bertz CT molecular complexity index is 1280. The van der Waals surface area contributed by atoms with Gasteiger partial charge in [-0.3, -0.25) is 4.57 Å². The zero-order chi connectivity index (χ0) is 20.7. The van der Waals surface area contributed by atoms with E-state index < -0.39 is 0 Å². The lowest BCUT2D eigenvalue weighted by Gasteiger charge is -2.28. The number of nitrogens with one attached hydrogen (secondary N) is 1. The predicted molar refractivity (Wildman–Crippen MR) is 123 cm³/mol. The van der Waals surface area contributed by atoms with Gasteiger partial charge in [-0.1, -0.05) is 52.3 Å². The normalized spacial score (nSPS) is 15.3. The number of hydrogen-bond donors (Lipinski definition) is 1. The molecule has 0 aliphatic carbocycles. The first-order chi connectivity index (χ1) is 14.7. The van der Waals surface area contributed by atoms with Gasteiger partial charge in [-0.25, -0.2) is 4.98 Å². The predicted octanol–water partition coefficient (Wildman–Crippen LogP) is 5.87. The topological polar surface area (TPSA) is 48.3 Å². The van der Waals surface area contributed by atoms with Crippen LogP contribution in [0.2, 0.25) is 0 Å². The molecule has 0 saturated carbocycles. The monoisotopic (exact) mass is 461 g/mol. The molecular formula is C24H20BrN3O2. The van der Waals surface area contributed by atoms with Crippen LogP contribution in [-0.4, -0.2) is 23.8 Å². The van der Waals surface area contributed by atoms with E-state index in [1.54, 1.807) is 14.2 Å². The van der Waals surface area contributed by atoms with Gasteiger partial charge in [0.15, 0.2) is 11.5 Å². The minimum absolute atomic E-state index is 0.118. The van der Waals surface area contributed by atoms with E-state index in [1.807, 2.05) is 42.5 Å². The second-order valence-corrected chi connectivity index (χ2v) is 7.95. The lowest BCUT2D eigenvalue weighted by atomic mass is 9.99. The standard InChI is InChI=1S/C24H20BrN3O2/c1-29-22-12-6-9-17(23(22)30-2)21-14-19(15-7-5-8-16(25)13-15)27-24-26-18-10-3-4-11-20(18)28(21)24/h3-14,21H,1-2H3,(H,26,27)/t21-/m0/s1. The Balaban J connectivity index is 1.77. The Hall–Kier alpha value is -3.25. The van der Waals surface area contributed by atoms with Gasteiger partial charge < -0.3 is 14.8 Å². The molecule has 6 heteroatoms. The number of aromatic nitrogens is 2. The lowest BCUT2D eigenvalue weighted by Crippen LogP contribution is -2.19. The number of rotatable bonds is 4. The van der Waals surface area contributed by atoms with Crippen molar-refractivity contribution in [1.82, 2.24) is 9.55 Å². The number of allylic oxidation sites excluding steroid dienone is 1. The van der Waals surface area contributed by atoms with Crippen molar-refractivity contribution in [3.63, 3.8) is 0 Å². The molecule has 1 atom stereocenters. The van der Waals surface area contributed by atoms with Crippen LogP contribution in [0.1, 0.15) is 17.2 Å². The highest BCUT2D eigenvalue weighted by Crippen LogP contribution is 2.42. The zero-order valence-corrected chi connectivity index (χ0v) is 18.2. The summed E-state index contributed by atoms with van der Waals surface area (Å²) >= 11 is 3.58. The van der Waals surface area contributed by atoms with E-state index in [4.69, 9.17) is 14.5 Å². The van der Waals surface area contributed by atoms with Gasteiger partial charge in [0.2, 0.25) is 5.95 Å². The number of nitrogens with zero attached hydrogens (tertiary/aromatic N) is 2. The third-order valence-corrected chi connectivity index (χ3v) is 5.83. The summed E-state index contributed by atoms with van der Waals surface area (Å²) in [5, 5.41) is 3.52. The van der Waals surface area contributed by atoms with Gasteiger partial charge in [0.1, 0.15) is 0 Å². The molecule has 0 spiro atoms. The third kappa shape index (κ3) is 3.04. The molecule has 0 unspecified atom stereocenters. The van der Waals surface area contributed by atoms with Crippen LogP contribution in [0.3, 0.4) is 0 Å². The van der Waals surface area contributed by atoms with E-state index in [0.717, 1.165) is 44.0 Å². The molecule has 3 aromatic carbocycles. The zero-order valence-electron chi connectivity index (χ0n) is 16.6. The molecule has 30 heavy (non-hydrogen) atoms. The van der Waals surface area contributed by atoms with Crippen molar-refractivity contribution in [2.75, 3.05) is 19.5 Å². The summed E-state index contributed by atoms with van der Waals surface area (Å²) in [6.45, 7) is 0. The van der Waals surface area contributed by atoms with Crippen LogP contribution >= 0.6 is 15.9 Å². The number of anilines is 1. The Kier molecular flexibility index (Phi) is 4.71. The van der Waals surface area contributed by atoms with Gasteiger partial charge >= 0.3 is 0 Å². The number of fused-ring (bicyclic) bond motifs is 3. The fourth-order valence-corrected chi connectivity index (χ4v) is 4.41. The summed E-state index contributed by atoms with van der Waals surface area (Å²) in [4.78, 5) is 4.85. The first-order valence-electron chi connectivity index (χ1n) is 9.62. The van der Waals surface area contributed by atoms with E-state index >= 15 is 0 Å². The van der Waals surface area contributed by atoms with Crippen LogP contribution in [0.4, 0.5) is 5.95 Å². The maximum Gasteiger partial charge on any atom is 0.209 e. The molecule has 1 N–H and O–H groups in total. The second kappa shape index (κ2) is 7.54. The molecule has 1 aliphatic heterocycles. The highest BCUT2D eigenvalue weighted by molar-refractivity contribution is 9.10. The van der Waals surface area contributed by atoms with Crippen LogP contribution in [0.25, 0.3) is 16.7 Å². The van der Waals surface area contributed by atoms with Crippen molar-refractivity contribution in [1.29, 1.82) is 0 Å². The van der Waals surface area contributed by atoms with Gasteiger partial charge in [-0.2, -0.15) is 0 Å². The molecule has 5 rings (SSSR count). The van der Waals surface area contributed by atoms with Crippen molar-refractivity contribution < 1.29 is 9.47 Å². The van der Waals surface area contributed by atoms with Crippen LogP contribution in [0, 0.1) is 0 Å². The van der Waals surface area contributed by atoms with Crippen LogP contribution in [0.5, 0.6) is 11.5 Å². The Morgan fingerprint density at radius 3 is 2.60 bits per heavy atom. The summed E-state index contributed by atoms with van der Waals surface area (Å²) in [6.07, 6.45) is 2.21. The van der Waals surface area contributed by atoms with Crippen LogP contribution in [0.15, 0.2) is 77.3 Å². The summed E-state index contributed by atoms with van der Waals surface area (Å²) in [6, 6.07) is 22.2. The number of halogens is 1. The van der Waals surface area contributed by atoms with Crippen molar-refractivity contribution in [3.8, 4) is 11.5 Å². The van der Waals surface area contributed by atoms with Gasteiger partial charge in [0.25, 0.3) is 0 Å². The molecule has 4 aromatic rings. The summed E-state index contributed by atoms with van der Waals surface area (Å²) in [5.74, 6) is 2.22. The summed E-state index contributed by atoms with van der Waals surface area (Å²) in [7, 11) is 3.33. The molecule has 0 saturated heterocycles. The fourth-order valence-electron chi connectivity index (χ4n) is 4.01. The van der Waals surface area contributed by atoms with Crippen LogP contribution in [-0.2, 0) is 0 Å². The fraction of sp³-hybridized carbons (Fsp3) is 0.125. The minimum atomic E-state index is -0.118. The second-order valence-electron chi connectivity index (χ2n) is 7.04. The van der Waals surface area contributed by atoms with Crippen LogP contribution < -0.4 is 14.8 Å². The Labute approximate surface area is 183 Å². The molecule has 0 fully saturated rings. The summed E-state index contributed by atoms with van der Waals surface area (Å²) < 4.78 is 14.6. The lowest BCUT2D eigenvalue weighted by molar-refractivity contribution is 0.350. The van der Waals surface area contributed by atoms with Gasteiger partial charge in [-0.05, 0) is 42.0 Å². The molecule has 0 amide bonds. The van der Waals surface area contributed by atoms with Crippen molar-refractivity contribution in [2.45, 2.75) is 6.04 Å². The first-order valence-corrected chi connectivity index (χ1v) is 10.4. The largest absolute Gasteiger partial charge is 0.493 e. The molecular weight excluding hydrogens is 442 g/mol. The van der Waals surface area contributed by atoms with E-state index in [1.165, 1.54) is 0 Å². The number of methoxy groups -OCH3 is 2. The van der Waals surface area contributed by atoms with Gasteiger partial charge in [-0.15, -0.1) is 0 Å². The van der Waals surface area contributed by atoms with Crippen molar-refractivity contribution in [2.24, 2.45) is 0 Å². The van der Waals surface area contributed by atoms with Gasteiger partial charge in [0, 0.05) is 15.7 Å². The van der Waals surface area contributed by atoms with E-state index in [-0.39, 0.29) is 6.04 Å². The quantitative estimate of drug-likeness (QED) is 0.412. The average Bonchev–Trinajstić information content (AvgIpc) is 3.16. The maximum absolute atomic E-state index is 5.77. The van der Waals surface area contributed by atoms with Crippen molar-refractivity contribution >= 4 is 38.6 Å². The van der Waals surface area contributed by atoms with E-state index in [9.17, 15) is 0 Å². The van der Waals surface area contributed by atoms with Crippen molar-refractivity contribution in [3.05, 3.63) is 88.4 Å². The smallest absolute Gasteiger partial charge is 0.209 e. The van der Waals surface area contributed by atoms with E-state index in [0.29, 0.717) is 5.75 Å². The molecule has 0 radical (unpaired) electrons. The number of imidazole rings is 1. The Morgan fingerprint density at radius 1 is 0.967 bits per heavy atom. The van der Waals surface area contributed by atoms with E-state index in [2.05, 4.69) is 56.2 Å². The third-order valence-electron chi connectivity index (χ3n) is 5.33. The highest BCUT2D eigenvalue weighted by Gasteiger charge is 2.28. The number of hydrogen-bond acceptors (Lipinski definition) is 4. The average molecular weight is 462 g/mol. The Morgan fingerprint density at radius 2 is 1.80 bits per heavy atom. The summed E-state index contributed by atoms with van der Waals surface area (Å²) in [5.41, 5.74) is 5.08. The molecule has 1 aromatic heterocycles. The molecule has 0 bridgehead atoms. The molecule has 1 aliphatic rings. The minimum Gasteiger partial charge on any atom is -0.493 e. The number of para-hydroxylation sites is 3. The number of ether oxygens (including phenoxy) is 2. The molecule has 150 valence electrons.